The van der Waals surface area contributed by atoms with E-state index in [1.165, 1.54) is 6.07 Å². The van der Waals surface area contributed by atoms with Crippen LogP contribution >= 0.6 is 15.9 Å². The highest BCUT2D eigenvalue weighted by atomic mass is 79.9. The second kappa shape index (κ2) is 4.98. The minimum absolute atomic E-state index is 0.334. The van der Waals surface area contributed by atoms with E-state index in [1.54, 1.807) is 0 Å². The Morgan fingerprint density at radius 1 is 1.41 bits per heavy atom. The van der Waals surface area contributed by atoms with Crippen molar-refractivity contribution >= 4 is 32.7 Å². The Kier molecular flexibility index (Phi) is 3.59. The van der Waals surface area contributed by atoms with E-state index in [9.17, 15) is 4.39 Å². The summed E-state index contributed by atoms with van der Waals surface area (Å²) in [7, 11) is 0. The third-order valence-electron chi connectivity index (χ3n) is 2.57. The van der Waals surface area contributed by atoms with E-state index in [-0.39, 0.29) is 5.82 Å². The van der Waals surface area contributed by atoms with Crippen LogP contribution in [0, 0.1) is 5.82 Å². The van der Waals surface area contributed by atoms with Crippen molar-refractivity contribution in [3.8, 4) is 0 Å². The molecule has 3 N–H and O–H groups in total. The maximum atomic E-state index is 13.7. The zero-order valence-corrected chi connectivity index (χ0v) is 11.0. The fraction of sp³-hybridized carbons (Fsp3) is 0.250. The van der Waals surface area contributed by atoms with Crippen LogP contribution in [-0.2, 0) is 6.42 Å². The van der Waals surface area contributed by atoms with Gasteiger partial charge in [0.15, 0.2) is 5.82 Å². The first-order valence-corrected chi connectivity index (χ1v) is 6.20. The van der Waals surface area contributed by atoms with Gasteiger partial charge in [-0.2, -0.15) is 0 Å². The van der Waals surface area contributed by atoms with Crippen molar-refractivity contribution in [2.75, 3.05) is 5.43 Å². The first kappa shape index (κ1) is 12.3. The molecule has 2 aromatic rings. The lowest BCUT2D eigenvalue weighted by molar-refractivity contribution is 0.636. The van der Waals surface area contributed by atoms with Gasteiger partial charge in [-0.1, -0.05) is 29.3 Å². The third kappa shape index (κ3) is 2.40. The minimum Gasteiger partial charge on any atom is -0.308 e. The van der Waals surface area contributed by atoms with Gasteiger partial charge in [0.1, 0.15) is 11.3 Å². The van der Waals surface area contributed by atoms with Gasteiger partial charge in [0.25, 0.3) is 0 Å². The third-order valence-corrected chi connectivity index (χ3v) is 3.03. The van der Waals surface area contributed by atoms with Crippen molar-refractivity contribution < 1.29 is 4.39 Å². The Hall–Kier alpha value is -1.20. The molecule has 0 radical (unpaired) electrons. The summed E-state index contributed by atoms with van der Waals surface area (Å²) in [5, 5.41) is 0.777. The number of rotatable bonds is 3. The number of benzene rings is 1. The number of aryl methyl sites for hydroxylation is 1. The number of hydrazine groups is 1. The molecule has 0 saturated heterocycles. The Balaban J connectivity index is 2.69. The number of nitrogens with one attached hydrogen (secondary N) is 1. The van der Waals surface area contributed by atoms with Crippen molar-refractivity contribution in [3.63, 3.8) is 0 Å². The zero-order chi connectivity index (χ0) is 12.4. The monoisotopic (exact) mass is 297 g/mol. The Labute approximate surface area is 107 Å². The second-order valence-corrected chi connectivity index (χ2v) is 4.77. The number of nitrogens with two attached hydrogens (primary N) is 1. The van der Waals surface area contributed by atoms with Crippen molar-refractivity contribution in [2.24, 2.45) is 5.84 Å². The molecule has 3 nitrogen and oxygen atoms in total. The zero-order valence-electron chi connectivity index (χ0n) is 9.43. The predicted molar refractivity (Wildman–Crippen MR) is 71.2 cm³/mol. The smallest absolute Gasteiger partial charge is 0.150 e. The second-order valence-electron chi connectivity index (χ2n) is 3.85. The van der Waals surface area contributed by atoms with E-state index in [0.717, 1.165) is 23.8 Å². The van der Waals surface area contributed by atoms with Crippen molar-refractivity contribution in [3.05, 3.63) is 34.1 Å². The predicted octanol–water partition coefficient (Wildman–Crippen LogP) is 3.37. The minimum atomic E-state index is -0.353. The molecule has 0 aliphatic carbocycles. The molecule has 0 aliphatic heterocycles. The van der Waals surface area contributed by atoms with Crippen LogP contribution in [0.1, 0.15) is 18.9 Å². The molecule has 0 unspecified atom stereocenters. The number of halogens is 2. The Morgan fingerprint density at radius 3 is 2.82 bits per heavy atom. The summed E-state index contributed by atoms with van der Waals surface area (Å²) in [5.74, 6) is 5.60. The average molecular weight is 298 g/mol. The summed E-state index contributed by atoms with van der Waals surface area (Å²) >= 11 is 3.27. The van der Waals surface area contributed by atoms with Crippen molar-refractivity contribution in [2.45, 2.75) is 19.8 Å². The SMILES string of the molecule is CCCc1cc2cc(Br)cc(F)c2nc1NN. The molecule has 0 bridgehead atoms. The molecular weight excluding hydrogens is 285 g/mol. The number of pyridine rings is 1. The lowest BCUT2D eigenvalue weighted by Crippen LogP contribution is -2.11. The molecular formula is C12H13BrFN3. The van der Waals surface area contributed by atoms with Crippen molar-refractivity contribution in [1.82, 2.24) is 4.98 Å². The topological polar surface area (TPSA) is 50.9 Å². The van der Waals surface area contributed by atoms with Gasteiger partial charge in [-0.05, 0) is 30.2 Å². The molecule has 90 valence electrons. The molecule has 1 heterocycles. The van der Waals surface area contributed by atoms with Crippen LogP contribution in [0.25, 0.3) is 10.9 Å². The molecule has 0 atom stereocenters. The number of fused-ring (bicyclic) bond motifs is 1. The average Bonchev–Trinajstić information content (AvgIpc) is 2.28. The van der Waals surface area contributed by atoms with E-state index in [1.807, 2.05) is 12.1 Å². The van der Waals surface area contributed by atoms with Crippen LogP contribution in [0.15, 0.2) is 22.7 Å². The van der Waals surface area contributed by atoms with E-state index < -0.39 is 0 Å². The summed E-state index contributed by atoms with van der Waals surface area (Å²) in [6.07, 6.45) is 1.84. The van der Waals surface area contributed by atoms with E-state index in [0.29, 0.717) is 15.8 Å². The maximum Gasteiger partial charge on any atom is 0.150 e. The van der Waals surface area contributed by atoms with Crippen LogP contribution in [0.2, 0.25) is 0 Å². The van der Waals surface area contributed by atoms with Gasteiger partial charge >= 0.3 is 0 Å². The van der Waals surface area contributed by atoms with Gasteiger partial charge in [-0.15, -0.1) is 0 Å². The first-order valence-electron chi connectivity index (χ1n) is 5.41. The molecule has 0 spiro atoms. The lowest BCUT2D eigenvalue weighted by Gasteiger charge is -2.09. The quantitative estimate of drug-likeness (QED) is 0.674. The van der Waals surface area contributed by atoms with Gasteiger partial charge < -0.3 is 5.43 Å². The fourth-order valence-electron chi connectivity index (χ4n) is 1.84. The molecule has 0 aliphatic rings. The van der Waals surface area contributed by atoms with Crippen LogP contribution in [0.5, 0.6) is 0 Å². The molecule has 17 heavy (non-hydrogen) atoms. The van der Waals surface area contributed by atoms with Gasteiger partial charge in [-0.25, -0.2) is 15.2 Å². The summed E-state index contributed by atoms with van der Waals surface area (Å²) in [4.78, 5) is 4.22. The number of anilines is 1. The van der Waals surface area contributed by atoms with E-state index >= 15 is 0 Å². The van der Waals surface area contributed by atoms with Crippen LogP contribution in [-0.4, -0.2) is 4.98 Å². The molecule has 2 rings (SSSR count). The molecule has 1 aromatic heterocycles. The highest BCUT2D eigenvalue weighted by Crippen LogP contribution is 2.26. The van der Waals surface area contributed by atoms with E-state index in [2.05, 4.69) is 33.3 Å². The summed E-state index contributed by atoms with van der Waals surface area (Å²) in [6, 6.07) is 5.18. The van der Waals surface area contributed by atoms with Crippen LogP contribution in [0.4, 0.5) is 10.2 Å². The summed E-state index contributed by atoms with van der Waals surface area (Å²) in [5.41, 5.74) is 3.86. The molecule has 0 saturated carbocycles. The number of aromatic nitrogens is 1. The fourth-order valence-corrected chi connectivity index (χ4v) is 2.29. The summed E-state index contributed by atoms with van der Waals surface area (Å²) < 4.78 is 14.4. The van der Waals surface area contributed by atoms with Crippen molar-refractivity contribution in [1.29, 1.82) is 0 Å². The molecule has 1 aromatic carbocycles. The number of hydrogen-bond acceptors (Lipinski definition) is 3. The van der Waals surface area contributed by atoms with Gasteiger partial charge in [0.05, 0.1) is 0 Å². The van der Waals surface area contributed by atoms with Gasteiger partial charge in [0, 0.05) is 9.86 Å². The van der Waals surface area contributed by atoms with Gasteiger partial charge in [0.2, 0.25) is 0 Å². The molecule has 0 fully saturated rings. The van der Waals surface area contributed by atoms with E-state index in [4.69, 9.17) is 5.84 Å². The molecule has 0 amide bonds. The lowest BCUT2D eigenvalue weighted by atomic mass is 10.1. The Bertz CT molecular complexity index is 557. The number of hydrogen-bond donors (Lipinski definition) is 2. The number of nitrogen functional groups attached to an aromatic ring is 1. The normalized spacial score (nSPS) is 10.8. The largest absolute Gasteiger partial charge is 0.308 e. The highest BCUT2D eigenvalue weighted by Gasteiger charge is 2.09. The summed E-state index contributed by atoms with van der Waals surface area (Å²) in [6.45, 7) is 2.08. The standard InChI is InChI=1S/C12H13BrFN3/c1-2-3-7-4-8-5-9(13)6-10(14)11(8)16-12(7)17-15/h4-6H,2-3,15H2,1H3,(H,16,17). The van der Waals surface area contributed by atoms with Crippen LogP contribution in [0.3, 0.4) is 0 Å². The van der Waals surface area contributed by atoms with Crippen LogP contribution < -0.4 is 11.3 Å². The first-order chi connectivity index (χ1) is 8.15. The Morgan fingerprint density at radius 2 is 2.18 bits per heavy atom. The highest BCUT2D eigenvalue weighted by molar-refractivity contribution is 9.10. The maximum absolute atomic E-state index is 13.7. The molecule has 5 heteroatoms. The van der Waals surface area contributed by atoms with Gasteiger partial charge in [-0.3, -0.25) is 0 Å². The number of nitrogens with zero attached hydrogens (tertiary/aromatic N) is 1.